The number of likely N-dealkylation sites (tertiary alicyclic amines) is 1. The number of carbonyl (C=O) groups excluding carboxylic acids is 2. The van der Waals surface area contributed by atoms with Gasteiger partial charge in [0.2, 0.25) is 5.91 Å². The van der Waals surface area contributed by atoms with Gasteiger partial charge in [-0.1, -0.05) is 18.2 Å². The monoisotopic (exact) mass is 293 g/mol. The first-order valence-corrected chi connectivity index (χ1v) is 6.70. The molecule has 1 aromatic rings. The number of urea groups is 1. The Morgan fingerprint density at radius 3 is 2.70 bits per heavy atom. The Labute approximate surface area is 122 Å². The smallest absolute Gasteiger partial charge is 0.319 e. The molecular weight excluding hydrogens is 278 g/mol. The van der Waals surface area contributed by atoms with Gasteiger partial charge in [0.1, 0.15) is 0 Å². The van der Waals surface area contributed by atoms with E-state index in [0.29, 0.717) is 23.8 Å². The van der Waals surface area contributed by atoms with Crippen molar-refractivity contribution in [1.29, 1.82) is 0 Å². The van der Waals surface area contributed by atoms with Crippen LogP contribution in [0.5, 0.6) is 0 Å². The summed E-state index contributed by atoms with van der Waals surface area (Å²) in [5.41, 5.74) is 0.670. The van der Waals surface area contributed by atoms with E-state index in [9.17, 15) is 9.59 Å². The number of nitrogens with zero attached hydrogens (tertiary/aromatic N) is 1. The number of carbonyl (C=O) groups is 2. The summed E-state index contributed by atoms with van der Waals surface area (Å²) in [5, 5.41) is 6.18. The average molecular weight is 294 g/mol. The molecule has 20 heavy (non-hydrogen) atoms. The summed E-state index contributed by atoms with van der Waals surface area (Å²) >= 11 is 5.77. The molecule has 2 rings (SSSR count). The minimum absolute atomic E-state index is 0.0359. The van der Waals surface area contributed by atoms with Gasteiger partial charge >= 0.3 is 6.03 Å². The lowest BCUT2D eigenvalue weighted by Gasteiger charge is -2.15. The molecular formula is C14H16ClN3O2. The molecule has 0 aromatic heterocycles. The Balaban J connectivity index is 1.82. The quantitative estimate of drug-likeness (QED) is 0.840. The van der Waals surface area contributed by atoms with Crippen LogP contribution in [0.3, 0.4) is 0 Å². The molecule has 0 bridgehead atoms. The molecule has 1 heterocycles. The van der Waals surface area contributed by atoms with Crippen molar-refractivity contribution in [2.75, 3.05) is 18.4 Å². The van der Waals surface area contributed by atoms with Gasteiger partial charge in [-0.25, -0.2) is 4.79 Å². The summed E-state index contributed by atoms with van der Waals surface area (Å²) in [5.74, 6) is -0.104. The van der Waals surface area contributed by atoms with E-state index < -0.39 is 0 Å². The third-order valence-electron chi connectivity index (χ3n) is 3.11. The number of anilines is 1. The fourth-order valence-corrected chi connectivity index (χ4v) is 2.22. The van der Waals surface area contributed by atoms with Crippen LogP contribution in [0.4, 0.5) is 10.5 Å². The second-order valence-electron chi connectivity index (χ2n) is 4.58. The normalized spacial score (nSPS) is 17.6. The van der Waals surface area contributed by atoms with Crippen molar-refractivity contribution in [3.8, 4) is 0 Å². The predicted molar refractivity (Wildman–Crippen MR) is 78.8 cm³/mol. The maximum Gasteiger partial charge on any atom is 0.319 e. The molecule has 6 heteroatoms. The van der Waals surface area contributed by atoms with Crippen LogP contribution in [0, 0.1) is 0 Å². The Hall–Kier alpha value is -2.01. The van der Waals surface area contributed by atoms with E-state index in [1.807, 2.05) is 0 Å². The van der Waals surface area contributed by atoms with Crippen LogP contribution in [-0.4, -0.2) is 36.0 Å². The summed E-state index contributed by atoms with van der Waals surface area (Å²) in [7, 11) is 0. The Bertz CT molecular complexity index is 516. The van der Waals surface area contributed by atoms with E-state index in [-0.39, 0.29) is 18.0 Å². The number of halogens is 1. The maximum absolute atomic E-state index is 11.8. The van der Waals surface area contributed by atoms with Crippen LogP contribution >= 0.6 is 11.6 Å². The molecule has 1 saturated heterocycles. The summed E-state index contributed by atoms with van der Waals surface area (Å²) < 4.78 is 0. The van der Waals surface area contributed by atoms with E-state index in [1.54, 1.807) is 29.2 Å². The van der Waals surface area contributed by atoms with Crippen molar-refractivity contribution in [3.05, 3.63) is 41.9 Å². The number of benzene rings is 1. The highest BCUT2D eigenvalue weighted by atomic mass is 35.5. The molecule has 0 unspecified atom stereocenters. The fraction of sp³-hybridized carbons (Fsp3) is 0.286. The molecule has 1 aliphatic heterocycles. The molecule has 0 saturated carbocycles. The van der Waals surface area contributed by atoms with Crippen molar-refractivity contribution in [2.24, 2.45) is 0 Å². The molecule has 0 radical (unpaired) electrons. The Kier molecular flexibility index (Phi) is 4.63. The van der Waals surface area contributed by atoms with E-state index in [4.69, 9.17) is 11.6 Å². The summed E-state index contributed by atoms with van der Waals surface area (Å²) in [4.78, 5) is 24.9. The number of hydrogen-bond acceptors (Lipinski definition) is 2. The molecule has 0 spiro atoms. The Morgan fingerprint density at radius 2 is 2.05 bits per heavy atom. The molecule has 2 N–H and O–H groups in total. The van der Waals surface area contributed by atoms with E-state index >= 15 is 0 Å². The standard InChI is InChI=1S/C14H16ClN3O2/c1-2-13(19)18-8-7-12(9-18)17-14(20)16-11-5-3-10(15)4-6-11/h2-6,12H,1,7-9H2,(H2,16,17,20)/t12-/m1/s1. The van der Waals surface area contributed by atoms with Crippen LogP contribution in [0.25, 0.3) is 0 Å². The van der Waals surface area contributed by atoms with Gasteiger partial charge in [-0.05, 0) is 36.8 Å². The van der Waals surface area contributed by atoms with Crippen LogP contribution in [0.2, 0.25) is 5.02 Å². The van der Waals surface area contributed by atoms with Gasteiger partial charge in [0.05, 0.1) is 0 Å². The first-order chi connectivity index (χ1) is 9.58. The molecule has 106 valence electrons. The zero-order valence-corrected chi connectivity index (χ0v) is 11.7. The molecule has 1 atom stereocenters. The van der Waals surface area contributed by atoms with Crippen molar-refractivity contribution < 1.29 is 9.59 Å². The minimum Gasteiger partial charge on any atom is -0.337 e. The Morgan fingerprint density at radius 1 is 1.35 bits per heavy atom. The van der Waals surface area contributed by atoms with Gasteiger partial charge in [0.25, 0.3) is 0 Å². The first kappa shape index (κ1) is 14.4. The van der Waals surface area contributed by atoms with E-state index in [1.165, 1.54) is 6.08 Å². The lowest BCUT2D eigenvalue weighted by molar-refractivity contribution is -0.125. The van der Waals surface area contributed by atoms with E-state index in [2.05, 4.69) is 17.2 Å². The highest BCUT2D eigenvalue weighted by Crippen LogP contribution is 2.14. The molecule has 1 aromatic carbocycles. The van der Waals surface area contributed by atoms with Crippen LogP contribution in [0.15, 0.2) is 36.9 Å². The number of amides is 3. The predicted octanol–water partition coefficient (Wildman–Crippen LogP) is 2.25. The van der Waals surface area contributed by atoms with Crippen LogP contribution in [-0.2, 0) is 4.79 Å². The maximum atomic E-state index is 11.8. The van der Waals surface area contributed by atoms with Crippen LogP contribution < -0.4 is 10.6 Å². The van der Waals surface area contributed by atoms with Crippen molar-refractivity contribution in [3.63, 3.8) is 0 Å². The average Bonchev–Trinajstić information content (AvgIpc) is 2.89. The van der Waals surface area contributed by atoms with Crippen molar-refractivity contribution in [1.82, 2.24) is 10.2 Å². The fourth-order valence-electron chi connectivity index (χ4n) is 2.09. The lowest BCUT2D eigenvalue weighted by Crippen LogP contribution is -2.40. The van der Waals surface area contributed by atoms with E-state index in [0.717, 1.165) is 6.42 Å². The highest BCUT2D eigenvalue weighted by molar-refractivity contribution is 6.30. The summed E-state index contributed by atoms with van der Waals surface area (Å²) in [6.07, 6.45) is 2.03. The molecule has 1 aliphatic rings. The second-order valence-corrected chi connectivity index (χ2v) is 5.02. The number of nitrogens with one attached hydrogen (secondary N) is 2. The third-order valence-corrected chi connectivity index (χ3v) is 3.36. The molecule has 5 nitrogen and oxygen atoms in total. The zero-order chi connectivity index (χ0) is 14.5. The SMILES string of the molecule is C=CC(=O)N1CC[C@@H](NC(=O)Nc2ccc(Cl)cc2)C1. The third kappa shape index (κ3) is 3.74. The van der Waals surface area contributed by atoms with Crippen molar-refractivity contribution in [2.45, 2.75) is 12.5 Å². The van der Waals surface area contributed by atoms with Gasteiger partial charge < -0.3 is 15.5 Å². The second kappa shape index (κ2) is 6.43. The first-order valence-electron chi connectivity index (χ1n) is 6.33. The summed E-state index contributed by atoms with van der Waals surface area (Å²) in [6, 6.07) is 6.54. The topological polar surface area (TPSA) is 61.4 Å². The van der Waals surface area contributed by atoms with Gasteiger partial charge in [-0.15, -0.1) is 0 Å². The van der Waals surface area contributed by atoms with Gasteiger partial charge in [-0.3, -0.25) is 4.79 Å². The molecule has 0 aliphatic carbocycles. The largest absolute Gasteiger partial charge is 0.337 e. The molecule has 1 fully saturated rings. The zero-order valence-electron chi connectivity index (χ0n) is 10.9. The van der Waals surface area contributed by atoms with Gasteiger partial charge in [-0.2, -0.15) is 0 Å². The number of hydrogen-bond donors (Lipinski definition) is 2. The van der Waals surface area contributed by atoms with Crippen LogP contribution in [0.1, 0.15) is 6.42 Å². The highest BCUT2D eigenvalue weighted by Gasteiger charge is 2.25. The van der Waals surface area contributed by atoms with Crippen molar-refractivity contribution >= 4 is 29.2 Å². The van der Waals surface area contributed by atoms with Gasteiger partial charge in [0.15, 0.2) is 0 Å². The van der Waals surface area contributed by atoms with Gasteiger partial charge in [0, 0.05) is 29.8 Å². The lowest BCUT2D eigenvalue weighted by atomic mass is 10.3. The summed E-state index contributed by atoms with van der Waals surface area (Å²) in [6.45, 7) is 4.60. The molecule has 3 amide bonds. The number of rotatable bonds is 3. The minimum atomic E-state index is -0.287.